The second-order valence-corrected chi connectivity index (χ2v) is 5.78. The summed E-state index contributed by atoms with van der Waals surface area (Å²) in [4.78, 5) is 0. The van der Waals surface area contributed by atoms with Gasteiger partial charge in [0.1, 0.15) is 5.69 Å². The largest absolute Gasteiger partial charge is 0.493 e. The van der Waals surface area contributed by atoms with Gasteiger partial charge >= 0.3 is 0 Å². The SMILES string of the molecule is CCCn1ncc(OC)c1C(NN)c1ccc(C)c(Br)c1. The Balaban J connectivity index is 2.49. The molecule has 0 bridgehead atoms. The number of halogens is 1. The Morgan fingerprint density at radius 1 is 1.48 bits per heavy atom. The van der Waals surface area contributed by atoms with Crippen LogP contribution in [0.1, 0.15) is 36.2 Å². The number of hydrogen-bond acceptors (Lipinski definition) is 4. The lowest BCUT2D eigenvalue weighted by Gasteiger charge is -2.20. The van der Waals surface area contributed by atoms with Gasteiger partial charge < -0.3 is 4.74 Å². The van der Waals surface area contributed by atoms with E-state index in [4.69, 9.17) is 10.6 Å². The van der Waals surface area contributed by atoms with Gasteiger partial charge in [0, 0.05) is 11.0 Å². The highest BCUT2D eigenvalue weighted by Gasteiger charge is 2.23. The van der Waals surface area contributed by atoms with E-state index in [2.05, 4.69) is 58.5 Å². The molecule has 21 heavy (non-hydrogen) atoms. The lowest BCUT2D eigenvalue weighted by molar-refractivity contribution is 0.398. The first-order valence-electron chi connectivity index (χ1n) is 6.94. The lowest BCUT2D eigenvalue weighted by atomic mass is 10.0. The molecule has 1 atom stereocenters. The van der Waals surface area contributed by atoms with Gasteiger partial charge in [-0.15, -0.1) is 0 Å². The summed E-state index contributed by atoms with van der Waals surface area (Å²) in [6.07, 6.45) is 2.73. The zero-order valence-corrected chi connectivity index (χ0v) is 14.1. The summed E-state index contributed by atoms with van der Waals surface area (Å²) in [5.41, 5.74) is 6.07. The molecule has 1 aromatic heterocycles. The highest BCUT2D eigenvalue weighted by atomic mass is 79.9. The van der Waals surface area contributed by atoms with Crippen LogP contribution in [0.15, 0.2) is 28.9 Å². The van der Waals surface area contributed by atoms with Crippen LogP contribution in [0.25, 0.3) is 0 Å². The molecule has 0 spiro atoms. The minimum absolute atomic E-state index is 0.175. The molecule has 2 aromatic rings. The number of rotatable bonds is 6. The first-order chi connectivity index (χ1) is 10.1. The van der Waals surface area contributed by atoms with Crippen LogP contribution in [0.5, 0.6) is 5.75 Å². The molecular formula is C15H21BrN4O. The Morgan fingerprint density at radius 3 is 2.81 bits per heavy atom. The molecule has 0 radical (unpaired) electrons. The van der Waals surface area contributed by atoms with Gasteiger partial charge in [-0.1, -0.05) is 35.0 Å². The van der Waals surface area contributed by atoms with E-state index in [1.165, 1.54) is 5.56 Å². The van der Waals surface area contributed by atoms with Crippen molar-refractivity contribution >= 4 is 15.9 Å². The van der Waals surface area contributed by atoms with Gasteiger partial charge in [-0.25, -0.2) is 5.43 Å². The van der Waals surface area contributed by atoms with Crippen LogP contribution in [0, 0.1) is 6.92 Å². The van der Waals surface area contributed by atoms with E-state index >= 15 is 0 Å². The molecule has 0 amide bonds. The molecule has 114 valence electrons. The maximum Gasteiger partial charge on any atom is 0.161 e. The predicted octanol–water partition coefficient (Wildman–Crippen LogP) is 2.93. The number of ether oxygens (including phenoxy) is 1. The summed E-state index contributed by atoms with van der Waals surface area (Å²) in [5.74, 6) is 6.55. The fourth-order valence-corrected chi connectivity index (χ4v) is 2.73. The van der Waals surface area contributed by atoms with Crippen molar-refractivity contribution in [3.05, 3.63) is 45.7 Å². The first-order valence-corrected chi connectivity index (χ1v) is 7.73. The zero-order chi connectivity index (χ0) is 15.4. The Labute approximate surface area is 133 Å². The quantitative estimate of drug-likeness (QED) is 0.619. The number of nitrogens with two attached hydrogens (primary N) is 1. The topological polar surface area (TPSA) is 65.1 Å². The third-order valence-corrected chi connectivity index (χ3v) is 4.32. The summed E-state index contributed by atoms with van der Waals surface area (Å²) >= 11 is 3.57. The van der Waals surface area contributed by atoms with Crippen molar-refractivity contribution in [1.82, 2.24) is 15.2 Å². The molecule has 0 saturated heterocycles. The standard InChI is InChI=1S/C15H21BrN4O/c1-4-7-20-15(13(21-3)9-18-20)14(19-17)11-6-5-10(2)12(16)8-11/h5-6,8-9,14,19H,4,7,17H2,1-3H3. The number of hydrogen-bond donors (Lipinski definition) is 2. The van der Waals surface area contributed by atoms with Crippen molar-refractivity contribution in [2.24, 2.45) is 5.84 Å². The van der Waals surface area contributed by atoms with E-state index in [0.29, 0.717) is 0 Å². The van der Waals surface area contributed by atoms with Gasteiger partial charge in [0.05, 0.1) is 19.3 Å². The molecule has 6 heteroatoms. The summed E-state index contributed by atoms with van der Waals surface area (Å²) in [6, 6.07) is 6.03. The third kappa shape index (κ3) is 3.28. The number of methoxy groups -OCH3 is 1. The van der Waals surface area contributed by atoms with Crippen LogP contribution in [-0.2, 0) is 6.54 Å². The van der Waals surface area contributed by atoms with E-state index in [0.717, 1.165) is 34.4 Å². The molecule has 5 nitrogen and oxygen atoms in total. The highest BCUT2D eigenvalue weighted by molar-refractivity contribution is 9.10. The smallest absolute Gasteiger partial charge is 0.161 e. The van der Waals surface area contributed by atoms with Crippen LogP contribution in [-0.4, -0.2) is 16.9 Å². The third-order valence-electron chi connectivity index (χ3n) is 3.47. The van der Waals surface area contributed by atoms with Gasteiger partial charge in [0.25, 0.3) is 0 Å². The second-order valence-electron chi connectivity index (χ2n) is 4.93. The fourth-order valence-electron chi connectivity index (χ4n) is 2.34. The molecule has 0 aliphatic rings. The maximum absolute atomic E-state index is 5.81. The predicted molar refractivity (Wildman–Crippen MR) is 87.1 cm³/mol. The van der Waals surface area contributed by atoms with E-state index in [1.807, 2.05) is 4.68 Å². The van der Waals surface area contributed by atoms with Crippen LogP contribution in [0.4, 0.5) is 0 Å². The van der Waals surface area contributed by atoms with Gasteiger partial charge in [0.2, 0.25) is 0 Å². The number of hydrazine groups is 1. The molecule has 0 aliphatic heterocycles. The van der Waals surface area contributed by atoms with Gasteiger partial charge in [-0.05, 0) is 30.5 Å². The number of nitrogens with zero attached hydrogens (tertiary/aromatic N) is 2. The number of nitrogens with one attached hydrogen (secondary N) is 1. The van der Waals surface area contributed by atoms with E-state index in [1.54, 1.807) is 13.3 Å². The second kappa shape index (κ2) is 7.06. The molecule has 1 heterocycles. The first kappa shape index (κ1) is 16.0. The monoisotopic (exact) mass is 352 g/mol. The van der Waals surface area contributed by atoms with Crippen LogP contribution in [0.3, 0.4) is 0 Å². The van der Waals surface area contributed by atoms with Crippen LogP contribution < -0.4 is 16.0 Å². The number of aryl methyl sites for hydroxylation is 2. The van der Waals surface area contributed by atoms with Crippen molar-refractivity contribution in [3.63, 3.8) is 0 Å². The Hall–Kier alpha value is -1.37. The molecule has 0 saturated carbocycles. The maximum atomic E-state index is 5.81. The van der Waals surface area contributed by atoms with Crippen molar-refractivity contribution < 1.29 is 4.74 Å². The Kier molecular flexibility index (Phi) is 5.39. The van der Waals surface area contributed by atoms with Crippen molar-refractivity contribution in [2.75, 3.05) is 7.11 Å². The van der Waals surface area contributed by atoms with Crippen molar-refractivity contribution in [1.29, 1.82) is 0 Å². The number of benzene rings is 1. The summed E-state index contributed by atoms with van der Waals surface area (Å²) < 4.78 is 8.44. The average molecular weight is 353 g/mol. The molecule has 0 fully saturated rings. The van der Waals surface area contributed by atoms with Crippen molar-refractivity contribution in [3.8, 4) is 5.75 Å². The molecule has 0 aliphatic carbocycles. The van der Waals surface area contributed by atoms with Crippen LogP contribution >= 0.6 is 15.9 Å². The van der Waals surface area contributed by atoms with Gasteiger partial charge in [-0.3, -0.25) is 10.5 Å². The van der Waals surface area contributed by atoms with Crippen LogP contribution in [0.2, 0.25) is 0 Å². The Bertz CT molecular complexity index is 612. The zero-order valence-electron chi connectivity index (χ0n) is 12.6. The normalized spacial score (nSPS) is 12.4. The molecular weight excluding hydrogens is 332 g/mol. The summed E-state index contributed by atoms with van der Waals surface area (Å²) in [6.45, 7) is 5.00. The van der Waals surface area contributed by atoms with E-state index < -0.39 is 0 Å². The highest BCUT2D eigenvalue weighted by Crippen LogP contribution is 2.31. The van der Waals surface area contributed by atoms with Gasteiger partial charge in [-0.2, -0.15) is 5.10 Å². The van der Waals surface area contributed by atoms with E-state index in [-0.39, 0.29) is 6.04 Å². The van der Waals surface area contributed by atoms with Crippen molar-refractivity contribution in [2.45, 2.75) is 32.9 Å². The lowest BCUT2D eigenvalue weighted by Crippen LogP contribution is -2.31. The minimum Gasteiger partial charge on any atom is -0.493 e. The van der Waals surface area contributed by atoms with Gasteiger partial charge in [0.15, 0.2) is 5.75 Å². The Morgan fingerprint density at radius 2 is 2.24 bits per heavy atom. The molecule has 1 unspecified atom stereocenters. The number of aromatic nitrogens is 2. The van der Waals surface area contributed by atoms with E-state index in [9.17, 15) is 0 Å². The fraction of sp³-hybridized carbons (Fsp3) is 0.400. The summed E-state index contributed by atoms with van der Waals surface area (Å²) in [7, 11) is 1.65. The average Bonchev–Trinajstić information content (AvgIpc) is 2.87. The summed E-state index contributed by atoms with van der Waals surface area (Å²) in [5, 5.41) is 4.40. The molecule has 3 N–H and O–H groups in total. The minimum atomic E-state index is -0.175. The molecule has 1 aromatic carbocycles. The molecule has 2 rings (SSSR count).